The molecule has 0 aromatic heterocycles. The molecule has 47 heavy (non-hydrogen) atoms. The standard InChI is InChI=1S/C37H30ClN3O5S/c1-46-33-23-30(42)19-18-26(33)20-32(41-35(43)25-12-6-3-7-13-25)36(44)39-29-16-9-17-31(22-29)47-34(24-10-4-2-5-11-24)37(45)40-28-15-8-14-27(38)21-28/h2-23,34,42H,1H3,(H,39,44)(H,40,45)(H,41,43)/b32-20+. The number of methoxy groups -OCH3 is 1. The van der Waals surface area contributed by atoms with Crippen LogP contribution in [0.15, 0.2) is 138 Å². The van der Waals surface area contributed by atoms with Crippen LogP contribution < -0.4 is 20.7 Å². The van der Waals surface area contributed by atoms with Gasteiger partial charge >= 0.3 is 0 Å². The number of anilines is 2. The lowest BCUT2D eigenvalue weighted by Gasteiger charge is -2.18. The molecule has 0 fully saturated rings. The Hall–Kier alpha value is -5.51. The molecule has 236 valence electrons. The molecule has 0 aliphatic heterocycles. The first-order valence-electron chi connectivity index (χ1n) is 14.4. The molecule has 0 spiro atoms. The molecule has 1 unspecified atom stereocenters. The van der Waals surface area contributed by atoms with Gasteiger partial charge in [-0.1, -0.05) is 72.3 Å². The number of thioether (sulfide) groups is 1. The van der Waals surface area contributed by atoms with E-state index in [0.717, 1.165) is 10.5 Å². The van der Waals surface area contributed by atoms with Crippen molar-refractivity contribution >= 4 is 58.5 Å². The average molecular weight is 664 g/mol. The third kappa shape index (κ3) is 9.03. The zero-order chi connectivity index (χ0) is 33.2. The fraction of sp³-hybridized carbons (Fsp3) is 0.0541. The van der Waals surface area contributed by atoms with E-state index in [4.69, 9.17) is 16.3 Å². The number of benzene rings is 5. The number of hydrogen-bond acceptors (Lipinski definition) is 6. The Balaban J connectivity index is 1.40. The summed E-state index contributed by atoms with van der Waals surface area (Å²) in [6, 6.07) is 36.3. The maximum atomic E-state index is 13.7. The van der Waals surface area contributed by atoms with Crippen LogP contribution in [0, 0.1) is 0 Å². The molecular formula is C37H30ClN3O5S. The molecule has 0 saturated heterocycles. The summed E-state index contributed by atoms with van der Waals surface area (Å²) in [6.07, 6.45) is 1.47. The summed E-state index contributed by atoms with van der Waals surface area (Å²) in [4.78, 5) is 41.0. The van der Waals surface area contributed by atoms with E-state index in [9.17, 15) is 19.5 Å². The molecule has 10 heteroatoms. The number of hydrogen-bond donors (Lipinski definition) is 4. The maximum Gasteiger partial charge on any atom is 0.272 e. The van der Waals surface area contributed by atoms with Gasteiger partial charge < -0.3 is 25.8 Å². The highest BCUT2D eigenvalue weighted by Gasteiger charge is 2.23. The number of amides is 3. The van der Waals surface area contributed by atoms with Crippen molar-refractivity contribution in [2.75, 3.05) is 17.7 Å². The molecule has 0 heterocycles. The normalized spacial score (nSPS) is 11.7. The Kier molecular flexibility index (Phi) is 11.0. The Morgan fingerprint density at radius 3 is 2.17 bits per heavy atom. The van der Waals surface area contributed by atoms with Gasteiger partial charge in [0.05, 0.1) is 7.11 Å². The minimum absolute atomic E-state index is 0.0114. The zero-order valence-electron chi connectivity index (χ0n) is 25.1. The van der Waals surface area contributed by atoms with E-state index >= 15 is 0 Å². The van der Waals surface area contributed by atoms with E-state index < -0.39 is 17.1 Å². The van der Waals surface area contributed by atoms with Crippen LogP contribution in [0.25, 0.3) is 6.08 Å². The second-order valence-corrected chi connectivity index (χ2v) is 11.8. The summed E-state index contributed by atoms with van der Waals surface area (Å²) in [7, 11) is 1.44. The van der Waals surface area contributed by atoms with Crippen molar-refractivity contribution in [3.05, 3.63) is 155 Å². The van der Waals surface area contributed by atoms with Crippen LogP contribution >= 0.6 is 23.4 Å². The zero-order valence-corrected chi connectivity index (χ0v) is 26.7. The monoisotopic (exact) mass is 663 g/mol. The molecule has 8 nitrogen and oxygen atoms in total. The van der Waals surface area contributed by atoms with Crippen molar-refractivity contribution in [3.63, 3.8) is 0 Å². The van der Waals surface area contributed by atoms with Crippen LogP contribution in [-0.4, -0.2) is 29.9 Å². The fourth-order valence-corrected chi connectivity index (χ4v) is 5.85. The largest absolute Gasteiger partial charge is 0.508 e. The van der Waals surface area contributed by atoms with E-state index in [1.165, 1.54) is 37.1 Å². The molecule has 3 amide bonds. The molecule has 0 saturated carbocycles. The van der Waals surface area contributed by atoms with Crippen molar-refractivity contribution < 1.29 is 24.2 Å². The summed E-state index contributed by atoms with van der Waals surface area (Å²) in [5.74, 6) is -1.02. The summed E-state index contributed by atoms with van der Waals surface area (Å²) in [6.45, 7) is 0. The van der Waals surface area contributed by atoms with Crippen LogP contribution in [0.2, 0.25) is 5.02 Å². The quantitative estimate of drug-likeness (QED) is 0.0842. The fourth-order valence-electron chi connectivity index (χ4n) is 4.57. The number of rotatable bonds is 11. The van der Waals surface area contributed by atoms with Gasteiger partial charge in [0, 0.05) is 38.5 Å². The Labute approximate surface area is 281 Å². The Bertz CT molecular complexity index is 1920. The average Bonchev–Trinajstić information content (AvgIpc) is 3.08. The number of aromatic hydroxyl groups is 1. The Morgan fingerprint density at radius 2 is 1.47 bits per heavy atom. The minimum atomic E-state index is -0.622. The number of nitrogens with one attached hydrogen (secondary N) is 3. The van der Waals surface area contributed by atoms with Crippen molar-refractivity contribution in [1.82, 2.24) is 5.32 Å². The number of ether oxygens (including phenoxy) is 1. The lowest BCUT2D eigenvalue weighted by atomic mass is 10.1. The van der Waals surface area contributed by atoms with Crippen LogP contribution in [0.4, 0.5) is 11.4 Å². The first kappa shape index (κ1) is 32.9. The summed E-state index contributed by atoms with van der Waals surface area (Å²) >= 11 is 7.45. The highest BCUT2D eigenvalue weighted by atomic mass is 35.5. The van der Waals surface area contributed by atoms with Crippen molar-refractivity contribution in [3.8, 4) is 11.5 Å². The number of phenolic OH excluding ortho intramolecular Hbond substituents is 1. The van der Waals surface area contributed by atoms with Crippen LogP contribution in [0.5, 0.6) is 11.5 Å². The second-order valence-electron chi connectivity index (χ2n) is 10.2. The highest BCUT2D eigenvalue weighted by molar-refractivity contribution is 8.00. The summed E-state index contributed by atoms with van der Waals surface area (Å²) < 4.78 is 5.38. The van der Waals surface area contributed by atoms with E-state index in [0.29, 0.717) is 33.3 Å². The van der Waals surface area contributed by atoms with Gasteiger partial charge in [-0.15, -0.1) is 11.8 Å². The number of carbonyl (C=O) groups excluding carboxylic acids is 3. The van der Waals surface area contributed by atoms with Gasteiger partial charge in [0.15, 0.2) is 0 Å². The van der Waals surface area contributed by atoms with Crippen LogP contribution in [-0.2, 0) is 9.59 Å². The Morgan fingerprint density at radius 1 is 0.787 bits per heavy atom. The van der Waals surface area contributed by atoms with E-state index in [2.05, 4.69) is 16.0 Å². The van der Waals surface area contributed by atoms with Gasteiger partial charge in [-0.25, -0.2) is 0 Å². The minimum Gasteiger partial charge on any atom is -0.508 e. The van der Waals surface area contributed by atoms with E-state index in [-0.39, 0.29) is 17.4 Å². The van der Waals surface area contributed by atoms with E-state index in [1.54, 1.807) is 78.9 Å². The molecule has 5 aromatic rings. The van der Waals surface area contributed by atoms with Gasteiger partial charge in [0.1, 0.15) is 22.4 Å². The first-order valence-corrected chi connectivity index (χ1v) is 15.7. The maximum absolute atomic E-state index is 13.7. The first-order chi connectivity index (χ1) is 22.8. The number of halogens is 1. The van der Waals surface area contributed by atoms with E-state index in [1.807, 2.05) is 36.4 Å². The van der Waals surface area contributed by atoms with Crippen LogP contribution in [0.3, 0.4) is 0 Å². The predicted molar refractivity (Wildman–Crippen MR) is 187 cm³/mol. The topological polar surface area (TPSA) is 117 Å². The molecule has 4 N–H and O–H groups in total. The highest BCUT2D eigenvalue weighted by Crippen LogP contribution is 2.37. The molecule has 0 aliphatic carbocycles. The second kappa shape index (κ2) is 15.7. The number of phenols is 1. The van der Waals surface area contributed by atoms with Gasteiger partial charge in [-0.3, -0.25) is 14.4 Å². The molecule has 0 aliphatic rings. The van der Waals surface area contributed by atoms with Crippen molar-refractivity contribution in [1.29, 1.82) is 0 Å². The molecular weight excluding hydrogens is 634 g/mol. The van der Waals surface area contributed by atoms with Crippen molar-refractivity contribution in [2.24, 2.45) is 0 Å². The smallest absolute Gasteiger partial charge is 0.272 e. The van der Waals surface area contributed by atoms with Gasteiger partial charge in [0.25, 0.3) is 11.8 Å². The van der Waals surface area contributed by atoms with Gasteiger partial charge in [0.2, 0.25) is 5.91 Å². The molecule has 1 atom stereocenters. The number of carbonyl (C=O) groups is 3. The third-order valence-corrected chi connectivity index (χ3v) is 8.31. The predicted octanol–water partition coefficient (Wildman–Crippen LogP) is 7.94. The third-order valence-electron chi connectivity index (χ3n) is 6.82. The van der Waals surface area contributed by atoms with Crippen molar-refractivity contribution in [2.45, 2.75) is 10.1 Å². The van der Waals surface area contributed by atoms with Gasteiger partial charge in [-0.2, -0.15) is 0 Å². The lowest BCUT2D eigenvalue weighted by Crippen LogP contribution is -2.30. The lowest BCUT2D eigenvalue weighted by molar-refractivity contribution is -0.116. The summed E-state index contributed by atoms with van der Waals surface area (Å²) in [5, 5.41) is 18.3. The molecule has 5 rings (SSSR count). The van der Waals surface area contributed by atoms with Gasteiger partial charge in [-0.05, 0) is 72.3 Å². The molecule has 0 radical (unpaired) electrons. The molecule has 0 bridgehead atoms. The SMILES string of the molecule is COc1cc(O)ccc1/C=C(/NC(=O)c1ccccc1)C(=O)Nc1cccc(SC(C(=O)Nc2cccc(Cl)c2)c2ccccc2)c1. The summed E-state index contributed by atoms with van der Waals surface area (Å²) in [5.41, 5.74) is 2.59. The van der Waals surface area contributed by atoms with Crippen LogP contribution in [0.1, 0.15) is 26.7 Å². The molecule has 5 aromatic carbocycles.